The smallest absolute Gasteiger partial charge is 0.272 e. The molecule has 7 heteroatoms. The zero-order chi connectivity index (χ0) is 14.0. The van der Waals surface area contributed by atoms with E-state index in [2.05, 4.69) is 10.3 Å². The third kappa shape index (κ3) is 3.33. The minimum absolute atomic E-state index is 0.0404. The molecule has 1 aliphatic heterocycles. The summed E-state index contributed by atoms with van der Waals surface area (Å²) in [6, 6.07) is 2.50. The van der Waals surface area contributed by atoms with Crippen molar-refractivity contribution in [2.45, 2.75) is 18.6 Å². The van der Waals surface area contributed by atoms with Crippen molar-refractivity contribution in [3.63, 3.8) is 0 Å². The fourth-order valence-electron chi connectivity index (χ4n) is 2.08. The summed E-state index contributed by atoms with van der Waals surface area (Å²) in [6.45, 7) is 1.05. The number of rotatable bonds is 2. The van der Waals surface area contributed by atoms with Gasteiger partial charge in [0.25, 0.3) is 5.91 Å². The minimum Gasteiger partial charge on any atom is -0.397 e. The highest BCUT2D eigenvalue weighted by Crippen LogP contribution is 2.16. The van der Waals surface area contributed by atoms with Gasteiger partial charge in [-0.25, -0.2) is 9.37 Å². The Morgan fingerprint density at radius 1 is 1.63 bits per heavy atom. The largest absolute Gasteiger partial charge is 0.397 e. The maximum absolute atomic E-state index is 13.8. The fourth-order valence-corrected chi connectivity index (χ4v) is 2.23. The molecule has 1 aliphatic rings. The molecule has 0 unspecified atom stereocenters. The number of nitrogens with one attached hydrogen (secondary N) is 1. The maximum Gasteiger partial charge on any atom is 0.272 e. The van der Waals surface area contributed by atoms with E-state index in [1.54, 1.807) is 0 Å². The number of nitrogens with two attached hydrogens (primary N) is 1. The number of nitrogen functional groups attached to an aromatic ring is 1. The highest BCUT2D eigenvalue weighted by Gasteiger charge is 2.29. The van der Waals surface area contributed by atoms with Crippen LogP contribution in [0.2, 0.25) is 5.15 Å². The molecule has 0 bridgehead atoms. The second kappa shape index (κ2) is 5.71. The Bertz CT molecular complexity index is 485. The van der Waals surface area contributed by atoms with Gasteiger partial charge in [-0.2, -0.15) is 0 Å². The number of aromatic nitrogens is 1. The van der Waals surface area contributed by atoms with Gasteiger partial charge in [0.1, 0.15) is 11.3 Å². The van der Waals surface area contributed by atoms with Gasteiger partial charge < -0.3 is 16.0 Å². The SMILES string of the molecule is CN1CC[C@@H](NC(=O)c2nc(Cl)ccc2N)[C@@H](F)C1. The van der Waals surface area contributed by atoms with E-state index in [0.29, 0.717) is 13.0 Å². The molecule has 2 heterocycles. The minimum atomic E-state index is -1.09. The summed E-state index contributed by atoms with van der Waals surface area (Å²) < 4.78 is 13.8. The number of carbonyl (C=O) groups excluding carboxylic acids is 1. The molecule has 1 amide bonds. The van der Waals surface area contributed by atoms with E-state index in [0.717, 1.165) is 6.54 Å². The van der Waals surface area contributed by atoms with Gasteiger partial charge >= 0.3 is 0 Å². The summed E-state index contributed by atoms with van der Waals surface area (Å²) in [7, 11) is 1.85. The molecule has 3 N–H and O–H groups in total. The van der Waals surface area contributed by atoms with Crippen LogP contribution in [-0.4, -0.2) is 48.1 Å². The van der Waals surface area contributed by atoms with Crippen molar-refractivity contribution in [2.75, 3.05) is 25.9 Å². The van der Waals surface area contributed by atoms with Gasteiger partial charge in [-0.05, 0) is 25.6 Å². The van der Waals surface area contributed by atoms with Gasteiger partial charge in [-0.15, -0.1) is 0 Å². The first kappa shape index (κ1) is 14.0. The van der Waals surface area contributed by atoms with E-state index in [-0.39, 0.29) is 16.5 Å². The number of alkyl halides is 1. The number of anilines is 1. The molecule has 2 rings (SSSR count). The molecule has 2 atom stereocenters. The highest BCUT2D eigenvalue weighted by molar-refractivity contribution is 6.29. The molecule has 0 aromatic carbocycles. The predicted octanol–water partition coefficient (Wildman–Crippen LogP) is 1.09. The lowest BCUT2D eigenvalue weighted by Gasteiger charge is -2.32. The third-order valence-electron chi connectivity index (χ3n) is 3.17. The number of likely N-dealkylation sites (tertiary alicyclic amines) is 1. The van der Waals surface area contributed by atoms with Gasteiger partial charge in [0.2, 0.25) is 0 Å². The van der Waals surface area contributed by atoms with E-state index in [4.69, 9.17) is 17.3 Å². The Kier molecular flexibility index (Phi) is 4.21. The van der Waals surface area contributed by atoms with Crippen LogP contribution in [0, 0.1) is 0 Å². The number of pyridine rings is 1. The van der Waals surface area contributed by atoms with E-state index >= 15 is 0 Å². The molecule has 1 aromatic rings. The van der Waals surface area contributed by atoms with Crippen molar-refractivity contribution in [1.29, 1.82) is 0 Å². The monoisotopic (exact) mass is 286 g/mol. The molecule has 1 fully saturated rings. The molecule has 1 saturated heterocycles. The summed E-state index contributed by atoms with van der Waals surface area (Å²) in [5.74, 6) is -0.489. The van der Waals surface area contributed by atoms with Gasteiger partial charge in [0.05, 0.1) is 11.7 Å². The van der Waals surface area contributed by atoms with Gasteiger partial charge in [0.15, 0.2) is 5.69 Å². The van der Waals surface area contributed by atoms with Crippen LogP contribution in [0.15, 0.2) is 12.1 Å². The lowest BCUT2D eigenvalue weighted by molar-refractivity contribution is 0.0818. The Hall–Kier alpha value is -1.40. The van der Waals surface area contributed by atoms with Crippen LogP contribution in [0.5, 0.6) is 0 Å². The maximum atomic E-state index is 13.8. The number of hydrogen-bond donors (Lipinski definition) is 2. The molecule has 104 valence electrons. The van der Waals surface area contributed by atoms with Crippen molar-refractivity contribution in [3.8, 4) is 0 Å². The summed E-state index contributed by atoms with van der Waals surface area (Å²) in [5.41, 5.74) is 5.94. The number of nitrogens with zero attached hydrogens (tertiary/aromatic N) is 2. The normalized spacial score (nSPS) is 24.2. The van der Waals surface area contributed by atoms with Crippen LogP contribution in [0.25, 0.3) is 0 Å². The van der Waals surface area contributed by atoms with Gasteiger partial charge in [0, 0.05) is 13.1 Å². The third-order valence-corrected chi connectivity index (χ3v) is 3.38. The molecule has 5 nitrogen and oxygen atoms in total. The number of carbonyl (C=O) groups is 1. The lowest BCUT2D eigenvalue weighted by atomic mass is 10.0. The number of piperidine rings is 1. The topological polar surface area (TPSA) is 71.2 Å². The van der Waals surface area contributed by atoms with Gasteiger partial charge in [-0.1, -0.05) is 11.6 Å². The summed E-state index contributed by atoms with van der Waals surface area (Å²) in [5, 5.41) is 2.81. The molecular formula is C12H16ClFN4O. The molecule has 0 radical (unpaired) electrons. The first-order valence-electron chi connectivity index (χ1n) is 6.03. The molecule has 0 saturated carbocycles. The Balaban J connectivity index is 2.06. The zero-order valence-electron chi connectivity index (χ0n) is 10.6. The van der Waals surface area contributed by atoms with Crippen molar-refractivity contribution in [3.05, 3.63) is 23.0 Å². The first-order chi connectivity index (χ1) is 8.97. The second-order valence-electron chi connectivity index (χ2n) is 4.72. The van der Waals surface area contributed by atoms with E-state index in [9.17, 15) is 9.18 Å². The number of halogens is 2. The molecule has 0 aliphatic carbocycles. The van der Waals surface area contributed by atoms with Crippen LogP contribution in [0.1, 0.15) is 16.9 Å². The van der Waals surface area contributed by atoms with Crippen LogP contribution in [0.3, 0.4) is 0 Å². The standard InChI is InChI=1S/C12H16ClFN4O/c1-18-5-4-9(7(14)6-18)16-12(19)11-8(15)2-3-10(13)17-11/h2-3,7,9H,4-6,15H2,1H3,(H,16,19)/t7-,9+/m0/s1. The number of hydrogen-bond acceptors (Lipinski definition) is 4. The highest BCUT2D eigenvalue weighted by atomic mass is 35.5. The van der Waals surface area contributed by atoms with E-state index in [1.807, 2.05) is 11.9 Å². The fraction of sp³-hybridized carbons (Fsp3) is 0.500. The zero-order valence-corrected chi connectivity index (χ0v) is 11.3. The summed E-state index contributed by atoms with van der Waals surface area (Å²) >= 11 is 5.72. The van der Waals surface area contributed by atoms with Crippen LogP contribution in [0.4, 0.5) is 10.1 Å². The van der Waals surface area contributed by atoms with Crippen molar-refractivity contribution in [2.24, 2.45) is 0 Å². The predicted molar refractivity (Wildman–Crippen MR) is 71.9 cm³/mol. The molecule has 1 aromatic heterocycles. The summed E-state index contributed by atoms with van der Waals surface area (Å²) in [4.78, 5) is 17.8. The Morgan fingerprint density at radius 2 is 2.37 bits per heavy atom. The Labute approximate surface area is 115 Å². The quantitative estimate of drug-likeness (QED) is 0.799. The van der Waals surface area contributed by atoms with E-state index < -0.39 is 18.1 Å². The van der Waals surface area contributed by atoms with Crippen molar-refractivity contribution < 1.29 is 9.18 Å². The average Bonchev–Trinajstić information content (AvgIpc) is 2.35. The number of amides is 1. The average molecular weight is 287 g/mol. The first-order valence-corrected chi connectivity index (χ1v) is 6.40. The lowest BCUT2D eigenvalue weighted by Crippen LogP contribution is -2.51. The second-order valence-corrected chi connectivity index (χ2v) is 5.11. The molecule has 0 spiro atoms. The van der Waals surface area contributed by atoms with Crippen LogP contribution in [-0.2, 0) is 0 Å². The Morgan fingerprint density at radius 3 is 3.05 bits per heavy atom. The molecular weight excluding hydrogens is 271 g/mol. The van der Waals surface area contributed by atoms with Crippen molar-refractivity contribution in [1.82, 2.24) is 15.2 Å². The van der Waals surface area contributed by atoms with Crippen LogP contribution >= 0.6 is 11.6 Å². The van der Waals surface area contributed by atoms with E-state index in [1.165, 1.54) is 12.1 Å². The summed E-state index contributed by atoms with van der Waals surface area (Å²) in [6.07, 6.45) is -0.535. The van der Waals surface area contributed by atoms with Crippen LogP contribution < -0.4 is 11.1 Å². The van der Waals surface area contributed by atoms with Crippen molar-refractivity contribution >= 4 is 23.2 Å². The molecule has 19 heavy (non-hydrogen) atoms. The van der Waals surface area contributed by atoms with Gasteiger partial charge in [-0.3, -0.25) is 4.79 Å².